The number of aliphatic carboxylic acids is 1. The van der Waals surface area contributed by atoms with Crippen LogP contribution < -0.4 is 0 Å². The predicted molar refractivity (Wildman–Crippen MR) is 69.2 cm³/mol. The van der Waals surface area contributed by atoms with Crippen molar-refractivity contribution in [2.75, 3.05) is 0 Å². The van der Waals surface area contributed by atoms with Crippen LogP contribution in [0.1, 0.15) is 34.1 Å². The highest BCUT2D eigenvalue weighted by molar-refractivity contribution is 6.80. The standard InChI is InChI=1S/C12H23NO3Si/c1-7-8-9(11(15)16)13(10(8)14)17(5,6)12(2,3)4/h8-9H,7H2,1-6H3,(H,15,16)/t8-,9-/m1/s1. The first-order valence-electron chi connectivity index (χ1n) is 6.11. The lowest BCUT2D eigenvalue weighted by Crippen LogP contribution is -2.74. The number of hydrogen-bond donors (Lipinski definition) is 1. The molecule has 1 heterocycles. The van der Waals surface area contributed by atoms with Crippen molar-refractivity contribution >= 4 is 20.1 Å². The van der Waals surface area contributed by atoms with Gasteiger partial charge in [0.05, 0.1) is 5.92 Å². The van der Waals surface area contributed by atoms with Crippen molar-refractivity contribution < 1.29 is 14.7 Å². The van der Waals surface area contributed by atoms with E-state index in [1.54, 1.807) is 4.57 Å². The molecule has 0 aromatic carbocycles. The number of β-lactam (4-membered cyclic amide) rings is 1. The van der Waals surface area contributed by atoms with Crippen molar-refractivity contribution in [1.29, 1.82) is 0 Å². The first-order valence-corrected chi connectivity index (χ1v) is 9.06. The van der Waals surface area contributed by atoms with E-state index in [4.69, 9.17) is 0 Å². The Hall–Kier alpha value is -0.843. The number of carbonyl (C=O) groups is 2. The Morgan fingerprint density at radius 2 is 1.88 bits per heavy atom. The molecule has 1 fully saturated rings. The van der Waals surface area contributed by atoms with Gasteiger partial charge in [-0.2, -0.15) is 0 Å². The summed E-state index contributed by atoms with van der Waals surface area (Å²) in [5.41, 5.74) is 0. The van der Waals surface area contributed by atoms with Gasteiger partial charge in [-0.15, -0.1) is 0 Å². The predicted octanol–water partition coefficient (Wildman–Crippen LogP) is 2.31. The van der Waals surface area contributed by atoms with E-state index in [0.29, 0.717) is 6.42 Å². The molecule has 1 aliphatic heterocycles. The highest BCUT2D eigenvalue weighted by Gasteiger charge is 2.59. The molecule has 2 atom stereocenters. The first kappa shape index (κ1) is 14.2. The van der Waals surface area contributed by atoms with E-state index in [1.165, 1.54) is 0 Å². The molecule has 1 aliphatic rings. The molecule has 0 unspecified atom stereocenters. The van der Waals surface area contributed by atoms with Crippen LogP contribution in [0.15, 0.2) is 0 Å². The molecule has 0 aliphatic carbocycles. The van der Waals surface area contributed by atoms with Gasteiger partial charge in [-0.3, -0.25) is 4.79 Å². The van der Waals surface area contributed by atoms with Crippen LogP contribution in [0.4, 0.5) is 0 Å². The highest BCUT2D eigenvalue weighted by atomic mass is 28.3. The van der Waals surface area contributed by atoms with Crippen LogP contribution in [0.3, 0.4) is 0 Å². The summed E-state index contributed by atoms with van der Waals surface area (Å²) in [6.45, 7) is 12.3. The Morgan fingerprint density at radius 3 is 2.18 bits per heavy atom. The van der Waals surface area contributed by atoms with Gasteiger partial charge >= 0.3 is 5.97 Å². The third kappa shape index (κ3) is 2.01. The minimum absolute atomic E-state index is 0.0188. The monoisotopic (exact) mass is 257 g/mol. The molecule has 1 saturated heterocycles. The molecule has 0 aromatic heterocycles. The molecule has 1 rings (SSSR count). The summed E-state index contributed by atoms with van der Waals surface area (Å²) in [5, 5.41) is 9.26. The van der Waals surface area contributed by atoms with E-state index in [0.717, 1.165) is 0 Å². The molecule has 17 heavy (non-hydrogen) atoms. The molecular formula is C12H23NO3Si. The van der Waals surface area contributed by atoms with E-state index in [1.807, 2.05) is 6.92 Å². The fourth-order valence-electron chi connectivity index (χ4n) is 2.21. The Kier molecular flexibility index (Phi) is 3.45. The highest BCUT2D eigenvalue weighted by Crippen LogP contribution is 2.45. The largest absolute Gasteiger partial charge is 0.480 e. The summed E-state index contributed by atoms with van der Waals surface area (Å²) in [7, 11) is -2.07. The van der Waals surface area contributed by atoms with Gasteiger partial charge in [0.15, 0.2) is 8.24 Å². The maximum absolute atomic E-state index is 12.1. The van der Waals surface area contributed by atoms with Gasteiger partial charge in [-0.05, 0) is 11.5 Å². The van der Waals surface area contributed by atoms with Crippen molar-refractivity contribution in [3.05, 3.63) is 0 Å². The summed E-state index contributed by atoms with van der Waals surface area (Å²) >= 11 is 0. The van der Waals surface area contributed by atoms with Crippen LogP contribution in [0.25, 0.3) is 0 Å². The fourth-order valence-corrected chi connectivity index (χ4v) is 4.64. The molecule has 0 radical (unpaired) electrons. The van der Waals surface area contributed by atoms with Gasteiger partial charge in [-0.1, -0.05) is 40.8 Å². The molecule has 1 N–H and O–H groups in total. The molecule has 0 spiro atoms. The SMILES string of the molecule is CC[C@H]1C(=O)N([Si](C)(C)C(C)(C)C)[C@H]1C(=O)O. The third-order valence-electron chi connectivity index (χ3n) is 4.34. The number of carboxylic acids is 1. The number of nitrogens with zero attached hydrogens (tertiary/aromatic N) is 1. The number of carboxylic acid groups (broad SMARTS) is 1. The van der Waals surface area contributed by atoms with Gasteiger partial charge in [-0.25, -0.2) is 4.79 Å². The summed E-state index contributed by atoms with van der Waals surface area (Å²) in [4.78, 5) is 23.4. The van der Waals surface area contributed by atoms with Crippen molar-refractivity contribution in [3.63, 3.8) is 0 Å². The van der Waals surface area contributed by atoms with Crippen LogP contribution in [0.5, 0.6) is 0 Å². The normalized spacial score (nSPS) is 25.8. The summed E-state index contributed by atoms with van der Waals surface area (Å²) < 4.78 is 1.68. The lowest BCUT2D eigenvalue weighted by atomic mass is 9.88. The zero-order valence-electron chi connectivity index (χ0n) is 11.6. The smallest absolute Gasteiger partial charge is 0.326 e. The van der Waals surface area contributed by atoms with Crippen LogP contribution in [-0.4, -0.2) is 35.8 Å². The average Bonchev–Trinajstić information content (AvgIpc) is 2.11. The van der Waals surface area contributed by atoms with Crippen molar-refractivity contribution in [2.45, 2.75) is 58.3 Å². The minimum atomic E-state index is -2.07. The van der Waals surface area contributed by atoms with Gasteiger partial charge < -0.3 is 9.67 Å². The second-order valence-electron chi connectivity index (χ2n) is 6.32. The van der Waals surface area contributed by atoms with Crippen molar-refractivity contribution in [3.8, 4) is 0 Å². The summed E-state index contributed by atoms with van der Waals surface area (Å²) in [6, 6.07) is -0.603. The molecule has 1 amide bonds. The second-order valence-corrected chi connectivity index (χ2v) is 11.4. The zero-order valence-corrected chi connectivity index (χ0v) is 12.6. The molecule has 5 heteroatoms. The van der Waals surface area contributed by atoms with E-state index >= 15 is 0 Å². The van der Waals surface area contributed by atoms with Gasteiger partial charge in [0, 0.05) is 0 Å². The molecule has 0 saturated carbocycles. The van der Waals surface area contributed by atoms with Crippen LogP contribution in [0.2, 0.25) is 18.1 Å². The molecule has 98 valence electrons. The fraction of sp³-hybridized carbons (Fsp3) is 0.833. The molecule has 0 aromatic rings. The Labute approximate surface area is 104 Å². The average molecular weight is 257 g/mol. The maximum Gasteiger partial charge on any atom is 0.326 e. The van der Waals surface area contributed by atoms with Crippen LogP contribution in [0, 0.1) is 5.92 Å². The quantitative estimate of drug-likeness (QED) is 0.623. The summed E-state index contributed by atoms with van der Waals surface area (Å²) in [6.07, 6.45) is 0.612. The Morgan fingerprint density at radius 1 is 1.41 bits per heavy atom. The van der Waals surface area contributed by atoms with Gasteiger partial charge in [0.25, 0.3) is 0 Å². The van der Waals surface area contributed by atoms with E-state index in [2.05, 4.69) is 33.9 Å². The zero-order chi connectivity index (χ0) is 13.6. The Bertz CT molecular complexity index is 346. The van der Waals surface area contributed by atoms with E-state index in [9.17, 15) is 14.7 Å². The molecule has 0 bridgehead atoms. The first-order chi connectivity index (χ1) is 7.55. The number of amides is 1. The van der Waals surface area contributed by atoms with Crippen molar-refractivity contribution in [2.24, 2.45) is 5.92 Å². The van der Waals surface area contributed by atoms with E-state index < -0.39 is 20.2 Å². The Balaban J connectivity index is 3.07. The van der Waals surface area contributed by atoms with E-state index in [-0.39, 0.29) is 16.9 Å². The maximum atomic E-state index is 12.1. The van der Waals surface area contributed by atoms with Crippen LogP contribution in [-0.2, 0) is 9.59 Å². The molecule has 4 nitrogen and oxygen atoms in total. The lowest BCUT2D eigenvalue weighted by Gasteiger charge is -2.56. The van der Waals surface area contributed by atoms with Crippen molar-refractivity contribution in [1.82, 2.24) is 4.57 Å². The van der Waals surface area contributed by atoms with Gasteiger partial charge in [0.2, 0.25) is 5.91 Å². The van der Waals surface area contributed by atoms with Gasteiger partial charge in [0.1, 0.15) is 6.04 Å². The second kappa shape index (κ2) is 4.12. The third-order valence-corrected chi connectivity index (χ3v) is 9.72. The number of hydrogen-bond acceptors (Lipinski definition) is 2. The molecular weight excluding hydrogens is 234 g/mol. The lowest BCUT2D eigenvalue weighted by molar-refractivity contribution is -0.164. The summed E-state index contributed by atoms with van der Waals surface area (Å²) in [5.74, 6) is -1.14. The van der Waals surface area contributed by atoms with Crippen LogP contribution >= 0.6 is 0 Å². The minimum Gasteiger partial charge on any atom is -0.480 e. The number of carbonyl (C=O) groups excluding carboxylic acids is 1. The topological polar surface area (TPSA) is 57.6 Å². The number of rotatable bonds is 3.